The smallest absolute Gasteiger partial charge is 0.213 e. The second kappa shape index (κ2) is 7.56. The molecule has 0 bridgehead atoms. The average Bonchev–Trinajstić information content (AvgIpc) is 2.34. The Morgan fingerprint density at radius 3 is 2.53 bits per heavy atom. The third kappa shape index (κ3) is 5.55. The van der Waals surface area contributed by atoms with Crippen molar-refractivity contribution in [2.75, 3.05) is 31.9 Å². The van der Waals surface area contributed by atoms with Crippen molar-refractivity contribution in [3.05, 3.63) is 0 Å². The molecule has 0 aliphatic heterocycles. The molecule has 1 fully saturated rings. The van der Waals surface area contributed by atoms with E-state index in [1.807, 2.05) is 0 Å². The van der Waals surface area contributed by atoms with Crippen LogP contribution in [0.4, 0.5) is 0 Å². The summed E-state index contributed by atoms with van der Waals surface area (Å²) >= 11 is 5.91. The summed E-state index contributed by atoms with van der Waals surface area (Å²) in [5.41, 5.74) is 0. The molecule has 1 rings (SSSR count). The normalized spacial score (nSPS) is 26.0. The summed E-state index contributed by atoms with van der Waals surface area (Å²) < 4.78 is 30.6. The van der Waals surface area contributed by atoms with Crippen LogP contribution in [0.5, 0.6) is 0 Å². The summed E-state index contributed by atoms with van der Waals surface area (Å²) in [6.45, 7) is 0.752. The summed E-state index contributed by atoms with van der Waals surface area (Å²) in [6.07, 6.45) is 4.58. The average molecular weight is 284 g/mol. The molecular formula is C11H22ClNO3S. The molecule has 6 heteroatoms. The molecule has 0 aromatic rings. The maximum atomic E-state index is 11.6. The molecule has 0 aromatic carbocycles. The lowest BCUT2D eigenvalue weighted by molar-refractivity contribution is 0.216. The van der Waals surface area contributed by atoms with Gasteiger partial charge in [0.2, 0.25) is 10.0 Å². The molecule has 0 aromatic heterocycles. The first kappa shape index (κ1) is 15.2. The number of ether oxygens (including phenoxy) is 1. The summed E-state index contributed by atoms with van der Waals surface area (Å²) in [6, 6.07) is 0. The zero-order valence-electron chi connectivity index (χ0n) is 10.3. The third-order valence-corrected chi connectivity index (χ3v) is 5.09. The molecular weight excluding hydrogens is 262 g/mol. The lowest BCUT2D eigenvalue weighted by Gasteiger charge is -2.30. The molecule has 2 unspecified atom stereocenters. The van der Waals surface area contributed by atoms with Gasteiger partial charge in [0.15, 0.2) is 0 Å². The van der Waals surface area contributed by atoms with Gasteiger partial charge in [-0.2, -0.15) is 0 Å². The fourth-order valence-corrected chi connectivity index (χ4v) is 3.66. The molecule has 102 valence electrons. The molecule has 1 aliphatic carbocycles. The van der Waals surface area contributed by atoms with Gasteiger partial charge in [-0.1, -0.05) is 12.8 Å². The minimum atomic E-state index is -3.19. The summed E-state index contributed by atoms with van der Waals surface area (Å²) in [7, 11) is -1.69. The number of hydrogen-bond acceptors (Lipinski definition) is 3. The number of hydrogen-bond donors (Lipinski definition) is 1. The van der Waals surface area contributed by atoms with Crippen molar-refractivity contribution in [2.45, 2.75) is 25.7 Å². The van der Waals surface area contributed by atoms with E-state index >= 15 is 0 Å². The van der Waals surface area contributed by atoms with E-state index in [0.717, 1.165) is 12.8 Å². The van der Waals surface area contributed by atoms with Crippen LogP contribution in [0.15, 0.2) is 0 Å². The van der Waals surface area contributed by atoms with Crippen molar-refractivity contribution < 1.29 is 13.2 Å². The van der Waals surface area contributed by atoms with E-state index in [-0.39, 0.29) is 12.4 Å². The van der Waals surface area contributed by atoms with Crippen molar-refractivity contribution in [2.24, 2.45) is 11.8 Å². The van der Waals surface area contributed by atoms with Gasteiger partial charge in [-0.05, 0) is 24.7 Å². The van der Waals surface area contributed by atoms with Crippen LogP contribution in [0.1, 0.15) is 25.7 Å². The summed E-state index contributed by atoms with van der Waals surface area (Å²) in [5.74, 6) is 1.50. The number of halogens is 1. The molecule has 0 saturated heterocycles. The van der Waals surface area contributed by atoms with Crippen LogP contribution in [0.25, 0.3) is 0 Å². The maximum Gasteiger partial charge on any atom is 0.213 e. The van der Waals surface area contributed by atoms with Gasteiger partial charge in [0.25, 0.3) is 0 Å². The van der Waals surface area contributed by atoms with Gasteiger partial charge in [-0.25, -0.2) is 13.1 Å². The Hall–Kier alpha value is 0.160. The zero-order valence-corrected chi connectivity index (χ0v) is 11.9. The summed E-state index contributed by atoms with van der Waals surface area (Å²) in [5, 5.41) is 0. The van der Waals surface area contributed by atoms with E-state index in [1.165, 1.54) is 20.0 Å². The van der Waals surface area contributed by atoms with Gasteiger partial charge in [-0.15, -0.1) is 11.6 Å². The Bertz CT molecular complexity index is 308. The van der Waals surface area contributed by atoms with Crippen LogP contribution >= 0.6 is 11.6 Å². The molecule has 0 amide bonds. The Morgan fingerprint density at radius 1 is 1.29 bits per heavy atom. The van der Waals surface area contributed by atoms with Gasteiger partial charge < -0.3 is 4.74 Å². The van der Waals surface area contributed by atoms with Crippen LogP contribution in [0, 0.1) is 11.8 Å². The fraction of sp³-hybridized carbons (Fsp3) is 1.00. The minimum Gasteiger partial charge on any atom is -0.384 e. The lowest BCUT2D eigenvalue weighted by Crippen LogP contribution is -2.36. The predicted octanol–water partition coefficient (Wildman–Crippen LogP) is 1.60. The standard InChI is InChI=1S/C11H22ClNO3S/c1-16-6-7-17(14,15)13-9-11-5-3-2-4-10(11)8-12/h10-11,13H,2-9H2,1H3. The SMILES string of the molecule is COCCS(=O)(=O)NCC1CCCCC1CCl. The first-order chi connectivity index (χ1) is 8.09. The molecule has 0 heterocycles. The molecule has 1 aliphatic rings. The van der Waals surface area contributed by atoms with Crippen molar-refractivity contribution in [3.63, 3.8) is 0 Å². The first-order valence-electron chi connectivity index (χ1n) is 6.11. The molecule has 0 spiro atoms. The highest BCUT2D eigenvalue weighted by Crippen LogP contribution is 2.30. The van der Waals surface area contributed by atoms with Crippen LogP contribution in [0.3, 0.4) is 0 Å². The van der Waals surface area contributed by atoms with Crippen LogP contribution in [-0.2, 0) is 14.8 Å². The second-order valence-corrected chi connectivity index (χ2v) is 6.85. The second-order valence-electron chi connectivity index (χ2n) is 4.62. The summed E-state index contributed by atoms with van der Waals surface area (Å²) in [4.78, 5) is 0. The van der Waals surface area contributed by atoms with E-state index in [4.69, 9.17) is 16.3 Å². The van der Waals surface area contributed by atoms with Gasteiger partial charge in [-0.3, -0.25) is 0 Å². The van der Waals surface area contributed by atoms with E-state index < -0.39 is 10.0 Å². The van der Waals surface area contributed by atoms with E-state index in [1.54, 1.807) is 0 Å². The molecule has 1 saturated carbocycles. The monoisotopic (exact) mass is 283 g/mol. The van der Waals surface area contributed by atoms with Gasteiger partial charge in [0.05, 0.1) is 12.4 Å². The Morgan fingerprint density at radius 2 is 1.94 bits per heavy atom. The van der Waals surface area contributed by atoms with E-state index in [9.17, 15) is 8.42 Å². The Balaban J connectivity index is 2.37. The van der Waals surface area contributed by atoms with E-state index in [2.05, 4.69) is 4.72 Å². The predicted molar refractivity (Wildman–Crippen MR) is 69.8 cm³/mol. The van der Waals surface area contributed by atoms with Gasteiger partial charge >= 0.3 is 0 Å². The number of methoxy groups -OCH3 is 1. The zero-order chi connectivity index (χ0) is 12.7. The first-order valence-corrected chi connectivity index (χ1v) is 8.30. The minimum absolute atomic E-state index is 0.0295. The molecule has 4 nitrogen and oxygen atoms in total. The lowest BCUT2D eigenvalue weighted by atomic mass is 9.80. The largest absolute Gasteiger partial charge is 0.384 e. The van der Waals surface area contributed by atoms with Crippen molar-refractivity contribution in [1.29, 1.82) is 0 Å². The van der Waals surface area contributed by atoms with Gasteiger partial charge in [0.1, 0.15) is 0 Å². The Kier molecular flexibility index (Phi) is 6.77. The number of nitrogens with one attached hydrogen (secondary N) is 1. The topological polar surface area (TPSA) is 55.4 Å². The van der Waals surface area contributed by atoms with E-state index in [0.29, 0.717) is 24.3 Å². The van der Waals surface area contributed by atoms with Crippen LogP contribution < -0.4 is 4.72 Å². The molecule has 17 heavy (non-hydrogen) atoms. The van der Waals surface area contributed by atoms with Crippen LogP contribution in [0.2, 0.25) is 0 Å². The highest BCUT2D eigenvalue weighted by Gasteiger charge is 2.25. The molecule has 1 N–H and O–H groups in total. The van der Waals surface area contributed by atoms with Crippen molar-refractivity contribution in [3.8, 4) is 0 Å². The fourth-order valence-electron chi connectivity index (χ4n) is 2.26. The Labute approximate surface area is 109 Å². The number of sulfonamides is 1. The quantitative estimate of drug-likeness (QED) is 0.722. The van der Waals surface area contributed by atoms with Gasteiger partial charge in [0, 0.05) is 19.5 Å². The number of alkyl halides is 1. The molecule has 2 atom stereocenters. The van der Waals surface area contributed by atoms with Crippen molar-refractivity contribution in [1.82, 2.24) is 4.72 Å². The number of rotatable bonds is 7. The highest BCUT2D eigenvalue weighted by molar-refractivity contribution is 7.89. The third-order valence-electron chi connectivity index (χ3n) is 3.39. The maximum absolute atomic E-state index is 11.6. The van der Waals surface area contributed by atoms with Crippen LogP contribution in [-0.4, -0.2) is 40.3 Å². The van der Waals surface area contributed by atoms with Crippen molar-refractivity contribution >= 4 is 21.6 Å². The molecule has 0 radical (unpaired) electrons. The highest BCUT2D eigenvalue weighted by atomic mass is 35.5.